The number of carbonyl (C=O) groups excluding carboxylic acids is 1. The molecule has 0 aliphatic rings. The number of anilines is 2. The van der Waals surface area contributed by atoms with Gasteiger partial charge in [0.1, 0.15) is 4.88 Å². The minimum atomic E-state index is -0.119. The van der Waals surface area contributed by atoms with E-state index in [9.17, 15) is 4.79 Å². The van der Waals surface area contributed by atoms with Crippen LogP contribution < -0.4 is 11.1 Å². The van der Waals surface area contributed by atoms with E-state index in [1.807, 2.05) is 32.9 Å². The van der Waals surface area contributed by atoms with Crippen LogP contribution >= 0.6 is 11.3 Å². The van der Waals surface area contributed by atoms with Gasteiger partial charge in [0.15, 0.2) is 0 Å². The molecule has 1 amide bonds. The number of rotatable bonds is 2. The lowest BCUT2D eigenvalue weighted by Crippen LogP contribution is -2.12. The molecule has 0 saturated heterocycles. The summed E-state index contributed by atoms with van der Waals surface area (Å²) >= 11 is 1.40. The van der Waals surface area contributed by atoms with Gasteiger partial charge in [0, 0.05) is 11.4 Å². The highest BCUT2D eigenvalue weighted by atomic mass is 32.1. The fourth-order valence-electron chi connectivity index (χ4n) is 1.75. The third-order valence-corrected chi connectivity index (χ3v) is 3.68. The molecule has 18 heavy (non-hydrogen) atoms. The van der Waals surface area contributed by atoms with Crippen molar-refractivity contribution in [3.8, 4) is 0 Å². The van der Waals surface area contributed by atoms with Crippen LogP contribution in [-0.4, -0.2) is 10.9 Å². The highest BCUT2D eigenvalue weighted by molar-refractivity contribution is 7.13. The van der Waals surface area contributed by atoms with Crippen LogP contribution in [0, 0.1) is 20.8 Å². The van der Waals surface area contributed by atoms with Crippen molar-refractivity contribution >= 4 is 28.6 Å². The Balaban J connectivity index is 2.24. The van der Waals surface area contributed by atoms with E-state index in [1.54, 1.807) is 6.07 Å². The number of nitrogens with two attached hydrogens (primary N) is 1. The van der Waals surface area contributed by atoms with Crippen LogP contribution in [0.15, 0.2) is 18.2 Å². The molecule has 0 spiro atoms. The summed E-state index contributed by atoms with van der Waals surface area (Å²) in [5.41, 5.74) is 8.86. The average molecular weight is 261 g/mol. The Hall–Kier alpha value is -1.88. The van der Waals surface area contributed by atoms with Gasteiger partial charge in [0.05, 0.1) is 10.7 Å². The van der Waals surface area contributed by atoms with Crippen molar-refractivity contribution in [3.63, 3.8) is 0 Å². The van der Waals surface area contributed by atoms with E-state index in [0.717, 1.165) is 22.0 Å². The van der Waals surface area contributed by atoms with Crippen molar-refractivity contribution in [1.82, 2.24) is 4.98 Å². The first kappa shape index (κ1) is 12.6. The molecule has 0 aliphatic carbocycles. The van der Waals surface area contributed by atoms with E-state index < -0.39 is 0 Å². The summed E-state index contributed by atoms with van der Waals surface area (Å²) in [7, 11) is 0. The van der Waals surface area contributed by atoms with E-state index in [0.29, 0.717) is 10.6 Å². The fraction of sp³-hybridized carbons (Fsp3) is 0.231. The molecule has 4 nitrogen and oxygen atoms in total. The quantitative estimate of drug-likeness (QED) is 0.817. The number of carbonyl (C=O) groups is 1. The van der Waals surface area contributed by atoms with Gasteiger partial charge in [-0.05, 0) is 44.5 Å². The standard InChI is InChI=1S/C13H15N3OS/c1-7-6-10(14)4-5-11(7)16-13(17)12-8(2)15-9(3)18-12/h4-6H,14H2,1-3H3,(H,16,17). The van der Waals surface area contributed by atoms with Gasteiger partial charge in [-0.1, -0.05) is 0 Å². The van der Waals surface area contributed by atoms with Crippen LogP contribution in [0.3, 0.4) is 0 Å². The zero-order chi connectivity index (χ0) is 13.3. The van der Waals surface area contributed by atoms with Gasteiger partial charge >= 0.3 is 0 Å². The molecule has 0 fully saturated rings. The Bertz CT molecular complexity index is 604. The second-order valence-electron chi connectivity index (χ2n) is 4.18. The molecule has 1 heterocycles. The summed E-state index contributed by atoms with van der Waals surface area (Å²) < 4.78 is 0. The lowest BCUT2D eigenvalue weighted by Gasteiger charge is -2.08. The third kappa shape index (κ3) is 2.51. The Morgan fingerprint density at radius 1 is 1.33 bits per heavy atom. The van der Waals surface area contributed by atoms with Crippen LogP contribution in [0.5, 0.6) is 0 Å². The maximum absolute atomic E-state index is 12.1. The van der Waals surface area contributed by atoms with Gasteiger partial charge in [0.2, 0.25) is 0 Å². The first-order chi connectivity index (χ1) is 8.47. The molecule has 5 heteroatoms. The number of hydrogen-bond donors (Lipinski definition) is 2. The number of benzene rings is 1. The van der Waals surface area contributed by atoms with E-state index in [1.165, 1.54) is 11.3 Å². The molecule has 0 saturated carbocycles. The lowest BCUT2D eigenvalue weighted by atomic mass is 10.2. The largest absolute Gasteiger partial charge is 0.399 e. The molecule has 0 aliphatic heterocycles. The smallest absolute Gasteiger partial charge is 0.267 e. The average Bonchev–Trinajstić information content (AvgIpc) is 2.62. The van der Waals surface area contributed by atoms with Crippen LogP contribution in [0.4, 0.5) is 11.4 Å². The van der Waals surface area contributed by atoms with Gasteiger partial charge in [-0.25, -0.2) is 4.98 Å². The molecule has 1 aromatic heterocycles. The van der Waals surface area contributed by atoms with Crippen LogP contribution in [-0.2, 0) is 0 Å². The fourth-order valence-corrected chi connectivity index (χ4v) is 2.56. The molecular formula is C13H15N3OS. The van der Waals surface area contributed by atoms with Crippen molar-refractivity contribution < 1.29 is 4.79 Å². The topological polar surface area (TPSA) is 68.0 Å². The maximum Gasteiger partial charge on any atom is 0.267 e. The zero-order valence-electron chi connectivity index (χ0n) is 10.6. The highest BCUT2D eigenvalue weighted by Crippen LogP contribution is 2.22. The lowest BCUT2D eigenvalue weighted by molar-refractivity contribution is 0.102. The van der Waals surface area contributed by atoms with Gasteiger partial charge in [-0.3, -0.25) is 4.79 Å². The Labute approximate surface area is 110 Å². The zero-order valence-corrected chi connectivity index (χ0v) is 11.4. The second-order valence-corrected chi connectivity index (χ2v) is 5.38. The minimum absolute atomic E-state index is 0.119. The van der Waals surface area contributed by atoms with Gasteiger partial charge in [0.25, 0.3) is 5.91 Å². The third-order valence-electron chi connectivity index (χ3n) is 2.61. The summed E-state index contributed by atoms with van der Waals surface area (Å²) in [5.74, 6) is -0.119. The second kappa shape index (κ2) is 4.78. The van der Waals surface area contributed by atoms with Crippen molar-refractivity contribution in [2.45, 2.75) is 20.8 Å². The monoisotopic (exact) mass is 261 g/mol. The summed E-state index contributed by atoms with van der Waals surface area (Å²) in [6, 6.07) is 5.42. The first-order valence-corrected chi connectivity index (χ1v) is 6.40. The van der Waals surface area contributed by atoms with Crippen LogP contribution in [0.2, 0.25) is 0 Å². The molecule has 3 N–H and O–H groups in total. The van der Waals surface area contributed by atoms with Crippen molar-refractivity contribution in [2.75, 3.05) is 11.1 Å². The molecule has 0 radical (unpaired) electrons. The van der Waals surface area contributed by atoms with Crippen molar-refractivity contribution in [3.05, 3.63) is 39.3 Å². The summed E-state index contributed by atoms with van der Waals surface area (Å²) in [4.78, 5) is 17.0. The molecule has 2 aromatic rings. The number of hydrogen-bond acceptors (Lipinski definition) is 4. The number of amides is 1. The highest BCUT2D eigenvalue weighted by Gasteiger charge is 2.14. The number of nitrogens with one attached hydrogen (secondary N) is 1. The molecule has 0 atom stereocenters. The maximum atomic E-state index is 12.1. The molecule has 2 rings (SSSR count). The van der Waals surface area contributed by atoms with E-state index >= 15 is 0 Å². The molecule has 94 valence electrons. The SMILES string of the molecule is Cc1nc(C)c(C(=O)Nc2ccc(N)cc2C)s1. The Kier molecular flexibility index (Phi) is 3.34. The Morgan fingerprint density at radius 2 is 2.06 bits per heavy atom. The van der Waals surface area contributed by atoms with Gasteiger partial charge in [-0.2, -0.15) is 0 Å². The van der Waals surface area contributed by atoms with Gasteiger partial charge < -0.3 is 11.1 Å². The summed E-state index contributed by atoms with van der Waals surface area (Å²) in [6.45, 7) is 5.65. The van der Waals surface area contributed by atoms with E-state index in [-0.39, 0.29) is 5.91 Å². The number of nitrogens with zero attached hydrogens (tertiary/aromatic N) is 1. The molecule has 0 bridgehead atoms. The molecule has 0 unspecified atom stereocenters. The number of aryl methyl sites for hydroxylation is 3. The predicted molar refractivity (Wildman–Crippen MR) is 75.1 cm³/mol. The van der Waals surface area contributed by atoms with E-state index in [4.69, 9.17) is 5.73 Å². The van der Waals surface area contributed by atoms with Crippen LogP contribution in [0.25, 0.3) is 0 Å². The number of aromatic nitrogens is 1. The number of thiazole rings is 1. The summed E-state index contributed by atoms with van der Waals surface area (Å²) in [5, 5.41) is 3.78. The van der Waals surface area contributed by atoms with E-state index in [2.05, 4.69) is 10.3 Å². The molecular weight excluding hydrogens is 246 g/mol. The van der Waals surface area contributed by atoms with Crippen LogP contribution in [0.1, 0.15) is 25.9 Å². The molecule has 1 aromatic carbocycles. The van der Waals surface area contributed by atoms with Gasteiger partial charge in [-0.15, -0.1) is 11.3 Å². The Morgan fingerprint density at radius 3 is 2.61 bits per heavy atom. The predicted octanol–water partition coefficient (Wildman–Crippen LogP) is 2.90. The first-order valence-electron chi connectivity index (χ1n) is 5.59. The summed E-state index contributed by atoms with van der Waals surface area (Å²) in [6.07, 6.45) is 0. The van der Waals surface area contributed by atoms with Crippen molar-refractivity contribution in [1.29, 1.82) is 0 Å². The minimum Gasteiger partial charge on any atom is -0.399 e. The van der Waals surface area contributed by atoms with Crippen molar-refractivity contribution in [2.24, 2.45) is 0 Å². The number of nitrogen functional groups attached to an aromatic ring is 1. The normalized spacial score (nSPS) is 10.4.